The fourth-order valence-electron chi connectivity index (χ4n) is 2.38. The number of aliphatic hydroxyl groups excluding tert-OH is 1. The summed E-state index contributed by atoms with van der Waals surface area (Å²) >= 11 is 0. The van der Waals surface area contributed by atoms with E-state index in [0.29, 0.717) is 6.54 Å². The quantitative estimate of drug-likeness (QED) is 0.674. The van der Waals surface area contributed by atoms with Crippen LogP contribution < -0.4 is 5.32 Å². The second kappa shape index (κ2) is 7.99. The van der Waals surface area contributed by atoms with E-state index in [4.69, 9.17) is 10.2 Å². The number of carboxylic acids is 1. The van der Waals surface area contributed by atoms with Crippen LogP contribution in [0.15, 0.2) is 0 Å². The van der Waals surface area contributed by atoms with Crippen LogP contribution in [0.3, 0.4) is 0 Å². The van der Waals surface area contributed by atoms with Gasteiger partial charge in [-0.05, 0) is 12.8 Å². The second-order valence-electron chi connectivity index (χ2n) is 5.13. The lowest BCUT2D eigenvalue weighted by Crippen LogP contribution is -2.49. The third-order valence-electron chi connectivity index (χ3n) is 3.60. The highest BCUT2D eigenvalue weighted by Gasteiger charge is 2.25. The number of carbonyl (C=O) groups is 2. The Hall–Kier alpha value is -1.30. The SMILES string of the molecule is CC(CNC(=O)N(CCO)C1CCCCC1)C(=O)O. The van der Waals surface area contributed by atoms with Crippen LogP contribution >= 0.6 is 0 Å². The van der Waals surface area contributed by atoms with E-state index >= 15 is 0 Å². The fraction of sp³-hybridized carbons (Fsp3) is 0.846. The number of urea groups is 1. The van der Waals surface area contributed by atoms with Gasteiger partial charge in [0.2, 0.25) is 0 Å². The number of nitrogens with zero attached hydrogens (tertiary/aromatic N) is 1. The predicted octanol–water partition coefficient (Wildman–Crippen LogP) is 1.04. The van der Waals surface area contributed by atoms with Crippen LogP contribution in [-0.2, 0) is 4.79 Å². The zero-order chi connectivity index (χ0) is 14.3. The van der Waals surface area contributed by atoms with Gasteiger partial charge >= 0.3 is 12.0 Å². The zero-order valence-corrected chi connectivity index (χ0v) is 11.5. The maximum absolute atomic E-state index is 12.1. The van der Waals surface area contributed by atoms with E-state index in [1.807, 2.05) is 0 Å². The topological polar surface area (TPSA) is 89.9 Å². The lowest BCUT2D eigenvalue weighted by atomic mass is 9.94. The van der Waals surface area contributed by atoms with Crippen LogP contribution in [0.5, 0.6) is 0 Å². The Morgan fingerprint density at radius 2 is 1.95 bits per heavy atom. The second-order valence-corrected chi connectivity index (χ2v) is 5.13. The molecule has 0 aromatic rings. The first-order valence-electron chi connectivity index (χ1n) is 6.94. The number of amides is 2. The Bertz CT molecular complexity index is 303. The van der Waals surface area contributed by atoms with Crippen LogP contribution in [0.4, 0.5) is 4.79 Å². The number of aliphatic carboxylic acids is 1. The number of nitrogens with one attached hydrogen (secondary N) is 1. The van der Waals surface area contributed by atoms with Crippen molar-refractivity contribution in [3.05, 3.63) is 0 Å². The van der Waals surface area contributed by atoms with Crippen molar-refractivity contribution in [2.75, 3.05) is 19.7 Å². The highest BCUT2D eigenvalue weighted by Crippen LogP contribution is 2.22. The first kappa shape index (κ1) is 15.8. The lowest BCUT2D eigenvalue weighted by Gasteiger charge is -2.34. The van der Waals surface area contributed by atoms with Gasteiger partial charge in [0, 0.05) is 19.1 Å². The average Bonchev–Trinajstić information content (AvgIpc) is 2.42. The molecule has 0 bridgehead atoms. The van der Waals surface area contributed by atoms with Crippen molar-refractivity contribution in [2.24, 2.45) is 5.92 Å². The van der Waals surface area contributed by atoms with Gasteiger partial charge in [0.05, 0.1) is 12.5 Å². The van der Waals surface area contributed by atoms with E-state index in [2.05, 4.69) is 5.32 Å². The summed E-state index contributed by atoms with van der Waals surface area (Å²) in [5.74, 6) is -1.53. The fourth-order valence-corrected chi connectivity index (χ4v) is 2.38. The molecule has 0 heterocycles. The summed E-state index contributed by atoms with van der Waals surface area (Å²) in [5, 5.41) is 20.5. The van der Waals surface area contributed by atoms with Crippen molar-refractivity contribution >= 4 is 12.0 Å². The van der Waals surface area contributed by atoms with Gasteiger partial charge in [0.1, 0.15) is 0 Å². The molecule has 1 saturated carbocycles. The monoisotopic (exact) mass is 272 g/mol. The summed E-state index contributed by atoms with van der Waals surface area (Å²) in [6.45, 7) is 1.90. The van der Waals surface area contributed by atoms with Crippen molar-refractivity contribution < 1.29 is 19.8 Å². The molecule has 2 amide bonds. The van der Waals surface area contributed by atoms with Crippen molar-refractivity contribution in [1.29, 1.82) is 0 Å². The Morgan fingerprint density at radius 1 is 1.32 bits per heavy atom. The maximum atomic E-state index is 12.1. The summed E-state index contributed by atoms with van der Waals surface area (Å²) in [6, 6.07) is -0.102. The summed E-state index contributed by atoms with van der Waals surface area (Å²) in [7, 11) is 0. The van der Waals surface area contributed by atoms with Crippen LogP contribution in [0.1, 0.15) is 39.0 Å². The summed E-state index contributed by atoms with van der Waals surface area (Å²) in [6.07, 6.45) is 5.32. The number of carbonyl (C=O) groups excluding carboxylic acids is 1. The first-order valence-corrected chi connectivity index (χ1v) is 6.94. The van der Waals surface area contributed by atoms with Crippen LogP contribution in [0.25, 0.3) is 0 Å². The van der Waals surface area contributed by atoms with Gasteiger partial charge in [0.15, 0.2) is 0 Å². The van der Waals surface area contributed by atoms with Gasteiger partial charge in [-0.1, -0.05) is 26.2 Å². The number of rotatable bonds is 6. The number of carboxylic acid groups (broad SMARTS) is 1. The third kappa shape index (κ3) is 5.06. The standard InChI is InChI=1S/C13H24N2O4/c1-10(12(17)18)9-14-13(19)15(7-8-16)11-5-3-2-4-6-11/h10-11,16H,2-9H2,1H3,(H,14,19)(H,17,18). The van der Waals surface area contributed by atoms with Gasteiger partial charge < -0.3 is 20.4 Å². The molecule has 0 aliphatic heterocycles. The molecule has 3 N–H and O–H groups in total. The van der Waals surface area contributed by atoms with Gasteiger partial charge in [-0.15, -0.1) is 0 Å². The largest absolute Gasteiger partial charge is 0.481 e. The van der Waals surface area contributed by atoms with Gasteiger partial charge in [-0.2, -0.15) is 0 Å². The molecule has 1 fully saturated rings. The molecule has 0 spiro atoms. The molecule has 6 nitrogen and oxygen atoms in total. The van der Waals surface area contributed by atoms with E-state index in [0.717, 1.165) is 25.7 Å². The number of hydrogen-bond acceptors (Lipinski definition) is 3. The minimum atomic E-state index is -0.924. The molecule has 1 rings (SSSR count). The molecule has 0 aromatic carbocycles. The average molecular weight is 272 g/mol. The van der Waals surface area contributed by atoms with Gasteiger partial charge in [-0.25, -0.2) is 4.79 Å². The summed E-state index contributed by atoms with van der Waals surface area (Å²) < 4.78 is 0. The Labute approximate surface area is 113 Å². The van der Waals surface area contributed by atoms with Crippen LogP contribution in [0, 0.1) is 5.92 Å². The first-order chi connectivity index (χ1) is 9.06. The molecule has 0 saturated heterocycles. The normalized spacial score (nSPS) is 17.8. The Kier molecular flexibility index (Phi) is 6.62. The molecule has 110 valence electrons. The molecular weight excluding hydrogens is 248 g/mol. The van der Waals surface area contributed by atoms with E-state index in [1.165, 1.54) is 6.42 Å². The van der Waals surface area contributed by atoms with Crippen molar-refractivity contribution in [1.82, 2.24) is 10.2 Å². The summed E-state index contributed by atoms with van der Waals surface area (Å²) in [5.41, 5.74) is 0. The molecule has 1 aliphatic rings. The zero-order valence-electron chi connectivity index (χ0n) is 11.5. The Balaban J connectivity index is 2.49. The molecule has 1 aliphatic carbocycles. The highest BCUT2D eigenvalue weighted by atomic mass is 16.4. The van der Waals surface area contributed by atoms with E-state index in [9.17, 15) is 9.59 Å². The maximum Gasteiger partial charge on any atom is 0.317 e. The van der Waals surface area contributed by atoms with E-state index in [1.54, 1.807) is 11.8 Å². The smallest absolute Gasteiger partial charge is 0.317 e. The van der Waals surface area contributed by atoms with Crippen molar-refractivity contribution in [2.45, 2.75) is 45.1 Å². The van der Waals surface area contributed by atoms with Crippen molar-refractivity contribution in [3.8, 4) is 0 Å². The Morgan fingerprint density at radius 3 is 2.47 bits per heavy atom. The van der Waals surface area contributed by atoms with Crippen LogP contribution in [-0.4, -0.2) is 52.9 Å². The lowest BCUT2D eigenvalue weighted by molar-refractivity contribution is -0.140. The molecular formula is C13H24N2O4. The number of hydrogen-bond donors (Lipinski definition) is 3. The van der Waals surface area contributed by atoms with E-state index in [-0.39, 0.29) is 25.2 Å². The number of aliphatic hydroxyl groups is 1. The summed E-state index contributed by atoms with van der Waals surface area (Å²) in [4.78, 5) is 24.4. The van der Waals surface area contributed by atoms with Gasteiger partial charge in [-0.3, -0.25) is 4.79 Å². The molecule has 0 radical (unpaired) electrons. The minimum Gasteiger partial charge on any atom is -0.481 e. The van der Waals surface area contributed by atoms with Gasteiger partial charge in [0.25, 0.3) is 0 Å². The molecule has 1 unspecified atom stereocenters. The third-order valence-corrected chi connectivity index (χ3v) is 3.60. The molecule has 19 heavy (non-hydrogen) atoms. The predicted molar refractivity (Wildman–Crippen MR) is 70.9 cm³/mol. The molecule has 6 heteroatoms. The highest BCUT2D eigenvalue weighted by molar-refractivity contribution is 5.76. The van der Waals surface area contributed by atoms with E-state index < -0.39 is 11.9 Å². The molecule has 1 atom stereocenters. The minimum absolute atomic E-state index is 0.0710. The molecule has 0 aromatic heterocycles. The van der Waals surface area contributed by atoms with Crippen molar-refractivity contribution in [3.63, 3.8) is 0 Å². The van der Waals surface area contributed by atoms with Crippen LogP contribution in [0.2, 0.25) is 0 Å².